The summed E-state index contributed by atoms with van der Waals surface area (Å²) in [6, 6.07) is 0. The fourth-order valence-electron chi connectivity index (χ4n) is 10.6. The zero-order chi connectivity index (χ0) is 27.7. The maximum absolute atomic E-state index is 12.0. The predicted molar refractivity (Wildman–Crippen MR) is 153 cm³/mol. The summed E-state index contributed by atoms with van der Waals surface area (Å²) in [6.45, 7) is 22.1. The fraction of sp³-hybridized carbons (Fsp3) is 0.912. The molecule has 0 aromatic carbocycles. The highest BCUT2D eigenvalue weighted by Gasteiger charge is 2.63. The maximum atomic E-state index is 12.0. The molecule has 3 fully saturated rings. The molecule has 1 heterocycles. The van der Waals surface area contributed by atoms with Gasteiger partial charge in [-0.15, -0.1) is 0 Å². The van der Waals surface area contributed by atoms with Crippen LogP contribution in [0.25, 0.3) is 0 Å². The van der Waals surface area contributed by atoms with Crippen molar-refractivity contribution in [1.29, 1.82) is 0 Å². The van der Waals surface area contributed by atoms with E-state index in [4.69, 9.17) is 14.2 Å². The van der Waals surface area contributed by atoms with Crippen LogP contribution in [0, 0.1) is 39.4 Å². The average Bonchev–Trinajstić information content (AvgIpc) is 3.34. The van der Waals surface area contributed by atoms with Gasteiger partial charge in [-0.05, 0) is 124 Å². The van der Waals surface area contributed by atoms with E-state index in [0.29, 0.717) is 29.5 Å². The van der Waals surface area contributed by atoms with Crippen LogP contribution in [0.2, 0.25) is 0 Å². The van der Waals surface area contributed by atoms with Gasteiger partial charge in [0.25, 0.3) is 0 Å². The molecular weight excluding hydrogens is 472 g/mol. The maximum Gasteiger partial charge on any atom is 0.332 e. The second kappa shape index (κ2) is 9.61. The van der Waals surface area contributed by atoms with Crippen molar-refractivity contribution >= 4 is 5.97 Å². The first-order valence-corrected chi connectivity index (χ1v) is 15.9. The van der Waals surface area contributed by atoms with Crippen molar-refractivity contribution in [3.8, 4) is 0 Å². The highest BCUT2D eigenvalue weighted by molar-refractivity contribution is 5.70. The second-order valence-corrected chi connectivity index (χ2v) is 15.6. The van der Waals surface area contributed by atoms with Gasteiger partial charge in [0.2, 0.25) is 0 Å². The molecule has 0 N–H and O–H groups in total. The minimum atomic E-state index is -0.233. The van der Waals surface area contributed by atoms with Crippen LogP contribution in [-0.4, -0.2) is 37.0 Å². The number of fused-ring (bicyclic) bond motifs is 4. The first kappa shape index (κ1) is 28.7. The molecule has 0 radical (unpaired) electrons. The van der Waals surface area contributed by atoms with E-state index < -0.39 is 0 Å². The Hall–Kier alpha value is -0.870. The molecule has 38 heavy (non-hydrogen) atoms. The molecule has 0 aromatic heterocycles. The molecule has 0 amide bonds. The van der Waals surface area contributed by atoms with Gasteiger partial charge >= 0.3 is 5.97 Å². The molecule has 216 valence electrons. The van der Waals surface area contributed by atoms with Crippen LogP contribution in [0.1, 0.15) is 127 Å². The van der Waals surface area contributed by atoms with Crippen molar-refractivity contribution in [1.82, 2.24) is 0 Å². The summed E-state index contributed by atoms with van der Waals surface area (Å²) in [5, 5.41) is 0. The van der Waals surface area contributed by atoms with Gasteiger partial charge in [-0.1, -0.05) is 52.7 Å². The number of esters is 1. The zero-order valence-corrected chi connectivity index (χ0v) is 26.0. The van der Waals surface area contributed by atoms with Crippen molar-refractivity contribution in [2.75, 3.05) is 13.2 Å². The van der Waals surface area contributed by atoms with Gasteiger partial charge in [-0.2, -0.15) is 0 Å². The number of carbonyl (C=O) groups excluding carboxylic acids is 1. The van der Waals surface area contributed by atoms with Crippen LogP contribution in [0.4, 0.5) is 0 Å². The Labute approximate surface area is 233 Å². The molecule has 4 heteroatoms. The minimum Gasteiger partial charge on any atom is -0.464 e. The number of epoxide rings is 1. The summed E-state index contributed by atoms with van der Waals surface area (Å²) in [6.07, 6.45) is 13.2. The molecule has 0 aromatic rings. The second-order valence-electron chi connectivity index (χ2n) is 15.6. The van der Waals surface area contributed by atoms with Gasteiger partial charge in [0.1, 0.15) is 6.61 Å². The molecule has 8 atom stereocenters. The summed E-state index contributed by atoms with van der Waals surface area (Å²) >= 11 is 0. The van der Waals surface area contributed by atoms with Crippen molar-refractivity contribution in [2.45, 2.75) is 144 Å². The molecular formula is C34H56O4. The van der Waals surface area contributed by atoms with Crippen molar-refractivity contribution in [3.05, 3.63) is 11.1 Å². The molecule has 1 saturated heterocycles. The van der Waals surface area contributed by atoms with E-state index in [2.05, 4.69) is 55.4 Å². The molecule has 4 nitrogen and oxygen atoms in total. The number of hydrogen-bond acceptors (Lipinski definition) is 4. The SMILES string of the molecule is CCOC(=O)CO[C@H]1CC[C@]2(C)C3=C(CC[C@H]2C1(C)C)[C@]1(C)CC[C@H]([C@H](C)CCC2OC2(C)C)[C@@]1(C)CC3. The van der Waals surface area contributed by atoms with Gasteiger partial charge in [0, 0.05) is 0 Å². The van der Waals surface area contributed by atoms with E-state index in [1.54, 1.807) is 0 Å². The van der Waals surface area contributed by atoms with Crippen LogP contribution in [0.3, 0.4) is 0 Å². The van der Waals surface area contributed by atoms with Crippen LogP contribution >= 0.6 is 0 Å². The Morgan fingerprint density at radius 1 is 0.974 bits per heavy atom. The van der Waals surface area contributed by atoms with Crippen LogP contribution in [0.5, 0.6) is 0 Å². The van der Waals surface area contributed by atoms with Gasteiger partial charge < -0.3 is 14.2 Å². The molecule has 0 spiro atoms. The lowest BCUT2D eigenvalue weighted by atomic mass is 9.43. The normalized spacial score (nSPS) is 43.6. The lowest BCUT2D eigenvalue weighted by Gasteiger charge is -2.62. The van der Waals surface area contributed by atoms with Gasteiger partial charge in [0.05, 0.1) is 24.4 Å². The summed E-state index contributed by atoms with van der Waals surface area (Å²) in [5.41, 5.74) is 4.84. The number of carbonyl (C=O) groups is 1. The Morgan fingerprint density at radius 3 is 2.34 bits per heavy atom. The molecule has 2 saturated carbocycles. The van der Waals surface area contributed by atoms with E-state index in [1.807, 2.05) is 18.1 Å². The summed E-state index contributed by atoms with van der Waals surface area (Å²) in [7, 11) is 0. The zero-order valence-electron chi connectivity index (χ0n) is 26.0. The van der Waals surface area contributed by atoms with E-state index in [-0.39, 0.29) is 35.1 Å². The standard InChI is InChI=1S/C34H56O4/c1-10-36-29(35)21-37-27-17-18-32(7)24-16-20-33(8)23(22(2)11-14-28-31(5,6)38-28)15-19-34(33,9)25(24)12-13-26(32)30(27,3)4/h22-23,26-28H,10-21H2,1-9H3/t22-,23-,26+,27+,28?,32-,33-,34+/m1/s1. The predicted octanol–water partition coefficient (Wildman–Crippen LogP) is 8.28. The van der Waals surface area contributed by atoms with Crippen molar-refractivity contribution in [2.24, 2.45) is 39.4 Å². The third kappa shape index (κ3) is 4.34. The first-order chi connectivity index (χ1) is 17.7. The Morgan fingerprint density at radius 2 is 1.68 bits per heavy atom. The molecule has 5 rings (SSSR count). The highest BCUT2D eigenvalue weighted by atomic mass is 16.6. The van der Waals surface area contributed by atoms with E-state index in [1.165, 1.54) is 57.8 Å². The van der Waals surface area contributed by atoms with Gasteiger partial charge in [-0.3, -0.25) is 0 Å². The van der Waals surface area contributed by atoms with Gasteiger partial charge in [0.15, 0.2) is 0 Å². The molecule has 0 bridgehead atoms. The third-order valence-electron chi connectivity index (χ3n) is 13.2. The van der Waals surface area contributed by atoms with Crippen LogP contribution in [0.15, 0.2) is 11.1 Å². The number of rotatable bonds is 8. The average molecular weight is 529 g/mol. The number of ether oxygens (including phenoxy) is 3. The quantitative estimate of drug-likeness (QED) is 0.181. The topological polar surface area (TPSA) is 48.1 Å². The Bertz CT molecular complexity index is 964. The monoisotopic (exact) mass is 528 g/mol. The minimum absolute atomic E-state index is 0.0467. The Balaban J connectivity index is 1.34. The lowest BCUT2D eigenvalue weighted by Crippen LogP contribution is -2.55. The smallest absolute Gasteiger partial charge is 0.332 e. The molecule has 4 aliphatic carbocycles. The number of allylic oxidation sites excluding steroid dienone is 2. The van der Waals surface area contributed by atoms with Crippen LogP contribution < -0.4 is 0 Å². The summed E-state index contributed by atoms with van der Waals surface area (Å²) in [4.78, 5) is 12.0. The molecule has 1 aliphatic heterocycles. The molecule has 5 aliphatic rings. The first-order valence-electron chi connectivity index (χ1n) is 15.9. The number of hydrogen-bond donors (Lipinski definition) is 0. The van der Waals surface area contributed by atoms with E-state index in [0.717, 1.165) is 18.3 Å². The van der Waals surface area contributed by atoms with Crippen LogP contribution in [-0.2, 0) is 19.0 Å². The fourth-order valence-corrected chi connectivity index (χ4v) is 10.6. The van der Waals surface area contributed by atoms with Gasteiger partial charge in [-0.25, -0.2) is 4.79 Å². The molecule has 1 unspecified atom stereocenters. The Kier molecular flexibility index (Phi) is 7.24. The van der Waals surface area contributed by atoms with Crippen molar-refractivity contribution in [3.63, 3.8) is 0 Å². The van der Waals surface area contributed by atoms with E-state index >= 15 is 0 Å². The summed E-state index contributed by atoms with van der Waals surface area (Å²) < 4.78 is 17.3. The largest absolute Gasteiger partial charge is 0.464 e. The highest BCUT2D eigenvalue weighted by Crippen LogP contribution is 2.72. The third-order valence-corrected chi connectivity index (χ3v) is 13.2. The lowest BCUT2D eigenvalue weighted by molar-refractivity contribution is -0.163. The summed E-state index contributed by atoms with van der Waals surface area (Å²) in [5.74, 6) is 1.95. The van der Waals surface area contributed by atoms with E-state index in [9.17, 15) is 4.79 Å². The van der Waals surface area contributed by atoms with Crippen molar-refractivity contribution < 1.29 is 19.0 Å².